The maximum atomic E-state index is 12.3. The number of Topliss-reactive ketones (excluding diaryl/α,β-unsaturated/α-hetero) is 1. The number of fused-ring (bicyclic) bond motifs is 1. The van der Waals surface area contributed by atoms with Crippen molar-refractivity contribution in [2.75, 3.05) is 0 Å². The zero-order chi connectivity index (χ0) is 13.5. The van der Waals surface area contributed by atoms with Crippen molar-refractivity contribution in [3.05, 3.63) is 44.7 Å². The van der Waals surface area contributed by atoms with Crippen molar-refractivity contribution >= 4 is 32.7 Å². The topological polar surface area (TPSA) is 47.3 Å². The van der Waals surface area contributed by atoms with E-state index in [1.54, 1.807) is 6.07 Å². The van der Waals surface area contributed by atoms with Crippen molar-refractivity contribution in [3.63, 3.8) is 0 Å². The summed E-state index contributed by atoms with van der Waals surface area (Å²) in [6, 6.07) is 5.31. The predicted octanol–water partition coefficient (Wildman–Crippen LogP) is 3.30. The fraction of sp³-hybridized carbons (Fsp3) is 0.0909. The lowest BCUT2D eigenvalue weighted by Crippen LogP contribution is -2.27. The highest BCUT2D eigenvalue weighted by molar-refractivity contribution is 9.10. The van der Waals surface area contributed by atoms with Crippen molar-refractivity contribution in [2.45, 2.75) is 6.18 Å². The van der Waals surface area contributed by atoms with E-state index < -0.39 is 23.1 Å². The first kappa shape index (κ1) is 12.8. The van der Waals surface area contributed by atoms with E-state index in [1.807, 2.05) is 0 Å². The van der Waals surface area contributed by atoms with E-state index in [0.717, 1.165) is 6.07 Å². The minimum Gasteiger partial charge on any atom is -0.422 e. The van der Waals surface area contributed by atoms with Crippen molar-refractivity contribution < 1.29 is 22.4 Å². The summed E-state index contributed by atoms with van der Waals surface area (Å²) in [6.07, 6.45) is -5.10. The van der Waals surface area contributed by atoms with Crippen molar-refractivity contribution in [1.29, 1.82) is 0 Å². The molecule has 0 saturated heterocycles. The van der Waals surface area contributed by atoms with Gasteiger partial charge in [-0.2, -0.15) is 13.2 Å². The molecule has 0 aliphatic carbocycles. The third kappa shape index (κ3) is 2.31. The van der Waals surface area contributed by atoms with Crippen LogP contribution >= 0.6 is 15.9 Å². The highest BCUT2D eigenvalue weighted by atomic mass is 79.9. The van der Waals surface area contributed by atoms with Gasteiger partial charge in [-0.05, 0) is 24.3 Å². The summed E-state index contributed by atoms with van der Waals surface area (Å²) in [5.74, 6) is -2.21. The summed E-state index contributed by atoms with van der Waals surface area (Å²) in [5.41, 5.74) is -2.21. The summed E-state index contributed by atoms with van der Waals surface area (Å²) < 4.78 is 42.0. The number of carbonyl (C=O) groups excluding carboxylic acids is 1. The first-order valence-electron chi connectivity index (χ1n) is 4.64. The first-order chi connectivity index (χ1) is 8.29. The second kappa shape index (κ2) is 4.24. The number of benzene rings is 1. The molecule has 0 radical (unpaired) electrons. The molecule has 1 heterocycles. The Labute approximate surface area is 106 Å². The minimum absolute atomic E-state index is 0.113. The van der Waals surface area contributed by atoms with Crippen LogP contribution in [0.15, 0.2) is 37.9 Å². The molecule has 0 fully saturated rings. The molecule has 0 N–H and O–H groups in total. The van der Waals surface area contributed by atoms with Gasteiger partial charge in [0.2, 0.25) is 0 Å². The average molecular weight is 321 g/mol. The molecule has 3 nitrogen and oxygen atoms in total. The monoisotopic (exact) mass is 320 g/mol. The maximum Gasteiger partial charge on any atom is 0.455 e. The van der Waals surface area contributed by atoms with Crippen molar-refractivity contribution in [1.82, 2.24) is 0 Å². The molecule has 0 unspecified atom stereocenters. The van der Waals surface area contributed by atoms with Gasteiger partial charge in [0.1, 0.15) is 11.1 Å². The van der Waals surface area contributed by atoms with Crippen LogP contribution < -0.4 is 5.63 Å². The Kier molecular flexibility index (Phi) is 3.02. The molecule has 0 aliphatic heterocycles. The molecule has 94 valence electrons. The molecule has 0 aliphatic rings. The van der Waals surface area contributed by atoms with Crippen molar-refractivity contribution in [3.8, 4) is 0 Å². The lowest BCUT2D eigenvalue weighted by Gasteiger charge is -2.04. The van der Waals surface area contributed by atoms with Gasteiger partial charge in [-0.25, -0.2) is 4.79 Å². The van der Waals surface area contributed by atoms with Crippen LogP contribution in [0.25, 0.3) is 11.0 Å². The lowest BCUT2D eigenvalue weighted by molar-refractivity contribution is -0.0887. The standard InChI is InChI=1S/C11H4BrF3O3/c12-6-1-2-8-5(3-6)4-7(10(17)18-8)9(16)11(13,14)15/h1-4H. The van der Waals surface area contributed by atoms with E-state index >= 15 is 0 Å². The zero-order valence-corrected chi connectivity index (χ0v) is 10.1. The molecule has 0 saturated carbocycles. The molecule has 2 rings (SSSR count). The summed E-state index contributed by atoms with van der Waals surface area (Å²) in [5, 5.41) is 0.233. The molecular formula is C11H4BrF3O3. The molecule has 0 atom stereocenters. The van der Waals surface area contributed by atoms with Crippen LogP contribution in [0.4, 0.5) is 13.2 Å². The van der Waals surface area contributed by atoms with E-state index in [2.05, 4.69) is 20.3 Å². The maximum absolute atomic E-state index is 12.3. The second-order valence-corrected chi connectivity index (χ2v) is 4.37. The summed E-state index contributed by atoms with van der Waals surface area (Å²) in [6.45, 7) is 0. The Balaban J connectivity index is 2.69. The van der Waals surface area contributed by atoms with Gasteiger partial charge in [0.15, 0.2) is 0 Å². The highest BCUT2D eigenvalue weighted by Gasteiger charge is 2.41. The number of alkyl halides is 3. The van der Waals surface area contributed by atoms with Gasteiger partial charge >= 0.3 is 11.8 Å². The Hall–Kier alpha value is -1.63. The fourth-order valence-electron chi connectivity index (χ4n) is 1.41. The average Bonchev–Trinajstić information content (AvgIpc) is 2.26. The third-order valence-electron chi connectivity index (χ3n) is 2.20. The number of hydrogen-bond donors (Lipinski definition) is 0. The zero-order valence-electron chi connectivity index (χ0n) is 8.55. The second-order valence-electron chi connectivity index (χ2n) is 3.46. The summed E-state index contributed by atoms with van der Waals surface area (Å²) in [4.78, 5) is 22.3. The van der Waals surface area contributed by atoms with Crippen LogP contribution in [0.3, 0.4) is 0 Å². The molecule has 1 aromatic heterocycles. The molecule has 18 heavy (non-hydrogen) atoms. The third-order valence-corrected chi connectivity index (χ3v) is 2.69. The Morgan fingerprint density at radius 3 is 2.50 bits per heavy atom. The van der Waals surface area contributed by atoms with E-state index in [1.165, 1.54) is 12.1 Å². The van der Waals surface area contributed by atoms with E-state index in [9.17, 15) is 22.8 Å². The predicted molar refractivity (Wildman–Crippen MR) is 60.6 cm³/mol. The van der Waals surface area contributed by atoms with Gasteiger partial charge in [0.05, 0.1) is 0 Å². The van der Waals surface area contributed by atoms with Gasteiger partial charge in [-0.3, -0.25) is 4.79 Å². The normalized spacial score (nSPS) is 11.8. The summed E-state index contributed by atoms with van der Waals surface area (Å²) in [7, 11) is 0. The number of halogens is 4. The van der Waals surface area contributed by atoms with Crippen LogP contribution in [0, 0.1) is 0 Å². The Morgan fingerprint density at radius 1 is 1.22 bits per heavy atom. The van der Waals surface area contributed by atoms with Crippen LogP contribution in [0.1, 0.15) is 10.4 Å². The Morgan fingerprint density at radius 2 is 1.89 bits per heavy atom. The van der Waals surface area contributed by atoms with E-state index in [4.69, 9.17) is 0 Å². The highest BCUT2D eigenvalue weighted by Crippen LogP contribution is 2.23. The minimum atomic E-state index is -5.10. The van der Waals surface area contributed by atoms with Crippen LogP contribution in [0.5, 0.6) is 0 Å². The van der Waals surface area contributed by atoms with Crippen LogP contribution in [-0.2, 0) is 0 Å². The van der Waals surface area contributed by atoms with Crippen LogP contribution in [0.2, 0.25) is 0 Å². The van der Waals surface area contributed by atoms with E-state index in [0.29, 0.717) is 4.47 Å². The molecule has 0 amide bonds. The molecule has 2 aromatic rings. The molecule has 1 aromatic carbocycles. The van der Waals surface area contributed by atoms with Crippen LogP contribution in [-0.4, -0.2) is 12.0 Å². The molecule has 7 heteroatoms. The van der Waals surface area contributed by atoms with Gasteiger partial charge in [0.25, 0.3) is 5.78 Å². The smallest absolute Gasteiger partial charge is 0.422 e. The Bertz CT molecular complexity index is 688. The largest absolute Gasteiger partial charge is 0.455 e. The lowest BCUT2D eigenvalue weighted by atomic mass is 10.1. The first-order valence-corrected chi connectivity index (χ1v) is 5.43. The van der Waals surface area contributed by atoms with Gasteiger partial charge in [0, 0.05) is 9.86 Å². The number of rotatable bonds is 1. The quantitative estimate of drug-likeness (QED) is 0.598. The fourth-order valence-corrected chi connectivity index (χ4v) is 1.78. The number of hydrogen-bond acceptors (Lipinski definition) is 3. The van der Waals surface area contributed by atoms with Crippen molar-refractivity contribution in [2.24, 2.45) is 0 Å². The van der Waals surface area contributed by atoms with Gasteiger partial charge in [-0.1, -0.05) is 15.9 Å². The van der Waals surface area contributed by atoms with Gasteiger partial charge < -0.3 is 4.42 Å². The number of ketones is 1. The number of carbonyl (C=O) groups is 1. The molecular weight excluding hydrogens is 317 g/mol. The molecule has 0 bridgehead atoms. The van der Waals surface area contributed by atoms with Gasteiger partial charge in [-0.15, -0.1) is 0 Å². The summed E-state index contributed by atoms with van der Waals surface area (Å²) >= 11 is 3.13. The van der Waals surface area contributed by atoms with E-state index in [-0.39, 0.29) is 11.0 Å². The SMILES string of the molecule is O=C(c1cc2cc(Br)ccc2oc1=O)C(F)(F)F. The molecule has 0 spiro atoms.